The standard InChI is InChI=1S/C17H16O2.C6H14O/c1-2-13-17(19,15-11-7-4-8-12-15)16(18)14-9-5-3-6-10-14;1-5(2)7-6(3)4/h2-12,19H,1,13H2;5-6H,1-4H3. The van der Waals surface area contributed by atoms with E-state index in [1.54, 1.807) is 42.5 Å². The number of hydrogen-bond acceptors (Lipinski definition) is 3. The predicted octanol–water partition coefficient (Wildman–Crippen LogP) is 5.15. The molecular weight excluding hydrogens is 324 g/mol. The third-order valence-electron chi connectivity index (χ3n) is 3.65. The van der Waals surface area contributed by atoms with Gasteiger partial charge in [0.2, 0.25) is 0 Å². The maximum atomic E-state index is 12.6. The van der Waals surface area contributed by atoms with Gasteiger partial charge in [0.15, 0.2) is 11.4 Å². The number of Topliss-reactive ketones (excluding diaryl/α,β-unsaturated/α-hetero) is 1. The number of carbonyl (C=O) groups excluding carboxylic acids is 1. The molecular formula is C23H30O3. The molecule has 2 aromatic rings. The minimum Gasteiger partial charge on any atom is -0.377 e. The van der Waals surface area contributed by atoms with E-state index >= 15 is 0 Å². The Morgan fingerprint density at radius 2 is 1.46 bits per heavy atom. The Labute approximate surface area is 157 Å². The summed E-state index contributed by atoms with van der Waals surface area (Å²) in [6, 6.07) is 17.8. The summed E-state index contributed by atoms with van der Waals surface area (Å²) in [7, 11) is 0. The van der Waals surface area contributed by atoms with Crippen molar-refractivity contribution in [3.8, 4) is 0 Å². The SMILES string of the molecule is C=CCC(O)(C(=O)c1ccccc1)c1ccccc1.CC(C)OC(C)C. The number of rotatable bonds is 7. The number of hydrogen-bond donors (Lipinski definition) is 1. The van der Waals surface area contributed by atoms with Gasteiger partial charge in [-0.1, -0.05) is 66.7 Å². The Morgan fingerprint density at radius 1 is 1.00 bits per heavy atom. The van der Waals surface area contributed by atoms with Crippen LogP contribution in [-0.2, 0) is 10.3 Å². The first kappa shape index (κ1) is 21.8. The van der Waals surface area contributed by atoms with Crippen LogP contribution in [-0.4, -0.2) is 23.1 Å². The molecule has 3 heteroatoms. The van der Waals surface area contributed by atoms with Crippen LogP contribution >= 0.6 is 0 Å². The smallest absolute Gasteiger partial charge is 0.199 e. The molecule has 0 saturated carbocycles. The molecule has 26 heavy (non-hydrogen) atoms. The molecule has 0 aliphatic rings. The van der Waals surface area contributed by atoms with E-state index in [2.05, 4.69) is 6.58 Å². The fourth-order valence-corrected chi connectivity index (χ4v) is 2.64. The van der Waals surface area contributed by atoms with E-state index < -0.39 is 5.60 Å². The van der Waals surface area contributed by atoms with Crippen molar-refractivity contribution < 1.29 is 14.6 Å². The number of carbonyl (C=O) groups is 1. The molecule has 1 N–H and O–H groups in total. The fourth-order valence-electron chi connectivity index (χ4n) is 2.64. The van der Waals surface area contributed by atoms with E-state index in [0.717, 1.165) is 0 Å². The van der Waals surface area contributed by atoms with Gasteiger partial charge in [0.05, 0.1) is 12.2 Å². The number of benzene rings is 2. The molecule has 0 saturated heterocycles. The summed E-state index contributed by atoms with van der Waals surface area (Å²) < 4.78 is 5.25. The van der Waals surface area contributed by atoms with Crippen molar-refractivity contribution in [3.05, 3.63) is 84.4 Å². The highest BCUT2D eigenvalue weighted by Gasteiger charge is 2.36. The van der Waals surface area contributed by atoms with Crippen molar-refractivity contribution in [2.75, 3.05) is 0 Å². The van der Waals surface area contributed by atoms with Crippen molar-refractivity contribution in [1.82, 2.24) is 0 Å². The highest BCUT2D eigenvalue weighted by molar-refractivity contribution is 6.02. The summed E-state index contributed by atoms with van der Waals surface area (Å²) in [4.78, 5) is 12.6. The molecule has 0 aliphatic carbocycles. The van der Waals surface area contributed by atoms with Gasteiger partial charge in [-0.15, -0.1) is 6.58 Å². The Kier molecular flexibility index (Phi) is 8.97. The Bertz CT molecular complexity index is 656. The lowest BCUT2D eigenvalue weighted by Crippen LogP contribution is -2.35. The minimum atomic E-state index is -1.55. The first-order valence-corrected chi connectivity index (χ1v) is 8.95. The van der Waals surface area contributed by atoms with Gasteiger partial charge in [-0.2, -0.15) is 0 Å². The summed E-state index contributed by atoms with van der Waals surface area (Å²) in [6.07, 6.45) is 2.50. The third-order valence-corrected chi connectivity index (χ3v) is 3.65. The van der Waals surface area contributed by atoms with Crippen molar-refractivity contribution in [3.63, 3.8) is 0 Å². The van der Waals surface area contributed by atoms with Crippen molar-refractivity contribution in [2.24, 2.45) is 0 Å². The zero-order valence-corrected chi connectivity index (χ0v) is 16.2. The van der Waals surface area contributed by atoms with E-state index in [0.29, 0.717) is 23.3 Å². The number of ether oxygens (including phenoxy) is 1. The van der Waals surface area contributed by atoms with Crippen LogP contribution in [0.2, 0.25) is 0 Å². The van der Waals surface area contributed by atoms with Crippen LogP contribution in [0.5, 0.6) is 0 Å². The van der Waals surface area contributed by atoms with E-state index in [4.69, 9.17) is 4.74 Å². The van der Waals surface area contributed by atoms with Crippen molar-refractivity contribution in [1.29, 1.82) is 0 Å². The van der Waals surface area contributed by atoms with Gasteiger partial charge >= 0.3 is 0 Å². The molecule has 1 atom stereocenters. The van der Waals surface area contributed by atoms with Crippen LogP contribution in [0.4, 0.5) is 0 Å². The summed E-state index contributed by atoms with van der Waals surface area (Å²) in [5.41, 5.74) is -0.468. The molecule has 140 valence electrons. The minimum absolute atomic E-state index is 0.185. The highest BCUT2D eigenvalue weighted by Crippen LogP contribution is 2.29. The zero-order chi connectivity index (χ0) is 19.6. The lowest BCUT2D eigenvalue weighted by Gasteiger charge is -2.26. The first-order chi connectivity index (χ1) is 12.3. The van der Waals surface area contributed by atoms with Crippen LogP contribution < -0.4 is 0 Å². The lowest BCUT2D eigenvalue weighted by molar-refractivity contribution is 0.0300. The number of ketones is 1. The molecule has 0 amide bonds. The highest BCUT2D eigenvalue weighted by atomic mass is 16.5. The van der Waals surface area contributed by atoms with E-state index in [1.807, 2.05) is 52.0 Å². The molecule has 0 heterocycles. The first-order valence-electron chi connectivity index (χ1n) is 8.95. The molecule has 0 fully saturated rings. The van der Waals surface area contributed by atoms with E-state index in [9.17, 15) is 9.90 Å². The van der Waals surface area contributed by atoms with Gasteiger partial charge < -0.3 is 9.84 Å². The van der Waals surface area contributed by atoms with Crippen molar-refractivity contribution in [2.45, 2.75) is 51.9 Å². The maximum Gasteiger partial charge on any atom is 0.199 e. The number of aliphatic hydroxyl groups is 1. The average molecular weight is 354 g/mol. The summed E-state index contributed by atoms with van der Waals surface area (Å²) in [5.74, 6) is -0.306. The average Bonchev–Trinajstić information content (AvgIpc) is 2.62. The fraction of sp³-hybridized carbons (Fsp3) is 0.348. The molecule has 0 aliphatic heterocycles. The second-order valence-corrected chi connectivity index (χ2v) is 6.65. The normalized spacial score (nSPS) is 12.9. The van der Waals surface area contributed by atoms with Crippen LogP contribution in [0.3, 0.4) is 0 Å². The summed E-state index contributed by atoms with van der Waals surface area (Å²) >= 11 is 0. The van der Waals surface area contributed by atoms with Gasteiger partial charge in [0.1, 0.15) is 0 Å². The largest absolute Gasteiger partial charge is 0.377 e. The van der Waals surface area contributed by atoms with Crippen LogP contribution in [0.1, 0.15) is 50.0 Å². The molecule has 0 radical (unpaired) electrons. The molecule has 3 nitrogen and oxygen atoms in total. The molecule has 0 spiro atoms. The second-order valence-electron chi connectivity index (χ2n) is 6.65. The summed E-state index contributed by atoms with van der Waals surface area (Å²) in [5, 5.41) is 10.8. The van der Waals surface area contributed by atoms with E-state index in [-0.39, 0.29) is 12.2 Å². The quantitative estimate of drug-likeness (QED) is 0.552. The van der Waals surface area contributed by atoms with Crippen LogP contribution in [0, 0.1) is 0 Å². The molecule has 1 unspecified atom stereocenters. The Morgan fingerprint density at radius 3 is 1.85 bits per heavy atom. The van der Waals surface area contributed by atoms with Gasteiger partial charge in [0, 0.05) is 12.0 Å². The lowest BCUT2D eigenvalue weighted by atomic mass is 9.83. The van der Waals surface area contributed by atoms with Gasteiger partial charge in [0.25, 0.3) is 0 Å². The Hall–Kier alpha value is -2.23. The molecule has 2 rings (SSSR count). The van der Waals surface area contributed by atoms with Crippen LogP contribution in [0.15, 0.2) is 73.3 Å². The zero-order valence-electron chi connectivity index (χ0n) is 16.2. The second kappa shape index (κ2) is 10.7. The monoisotopic (exact) mass is 354 g/mol. The van der Waals surface area contributed by atoms with Gasteiger partial charge in [-0.05, 0) is 33.3 Å². The molecule has 0 bridgehead atoms. The van der Waals surface area contributed by atoms with Crippen molar-refractivity contribution >= 4 is 5.78 Å². The van der Waals surface area contributed by atoms with E-state index in [1.165, 1.54) is 0 Å². The van der Waals surface area contributed by atoms with Crippen LogP contribution in [0.25, 0.3) is 0 Å². The molecule has 2 aromatic carbocycles. The van der Waals surface area contributed by atoms with Gasteiger partial charge in [-0.25, -0.2) is 0 Å². The maximum absolute atomic E-state index is 12.6. The third kappa shape index (κ3) is 6.58. The predicted molar refractivity (Wildman–Crippen MR) is 107 cm³/mol. The Balaban J connectivity index is 0.000000412. The topological polar surface area (TPSA) is 46.5 Å². The summed E-state index contributed by atoms with van der Waals surface area (Å²) in [6.45, 7) is 11.8. The molecule has 0 aromatic heterocycles. The van der Waals surface area contributed by atoms with Gasteiger partial charge in [-0.3, -0.25) is 4.79 Å².